The van der Waals surface area contributed by atoms with E-state index in [0.717, 1.165) is 5.56 Å². The van der Waals surface area contributed by atoms with Crippen LogP contribution in [0, 0.1) is 6.92 Å². The molecule has 1 amide bonds. The standard InChI is InChI=1S/C13H15NO3/c1-4-12(15)14(9-13(16)17-3)11-8-6-5-7-10(11)2/h4-8H,1,9H2,2-3H3. The fourth-order valence-electron chi connectivity index (χ4n) is 1.45. The van der Waals surface area contributed by atoms with Gasteiger partial charge in [0.05, 0.1) is 7.11 Å². The zero-order valence-corrected chi connectivity index (χ0v) is 9.97. The summed E-state index contributed by atoms with van der Waals surface area (Å²) >= 11 is 0. The number of amides is 1. The molecule has 17 heavy (non-hydrogen) atoms. The lowest BCUT2D eigenvalue weighted by Gasteiger charge is -2.21. The van der Waals surface area contributed by atoms with Gasteiger partial charge in [-0.2, -0.15) is 0 Å². The molecule has 0 bridgehead atoms. The molecule has 0 saturated carbocycles. The summed E-state index contributed by atoms with van der Waals surface area (Å²) in [6, 6.07) is 7.33. The highest BCUT2D eigenvalue weighted by Gasteiger charge is 2.18. The molecule has 0 fully saturated rings. The minimum Gasteiger partial charge on any atom is -0.468 e. The third kappa shape index (κ3) is 3.17. The first-order valence-corrected chi connectivity index (χ1v) is 5.16. The van der Waals surface area contributed by atoms with Crippen molar-refractivity contribution < 1.29 is 14.3 Å². The van der Waals surface area contributed by atoms with E-state index in [1.165, 1.54) is 18.1 Å². The molecule has 0 atom stereocenters. The van der Waals surface area contributed by atoms with Crippen LogP contribution in [0.2, 0.25) is 0 Å². The Labute approximate surface area is 100 Å². The summed E-state index contributed by atoms with van der Waals surface area (Å²) in [7, 11) is 1.29. The molecule has 4 nitrogen and oxygen atoms in total. The number of carbonyl (C=O) groups excluding carboxylic acids is 2. The molecule has 0 unspecified atom stereocenters. The summed E-state index contributed by atoms with van der Waals surface area (Å²) in [5.41, 5.74) is 1.59. The highest BCUT2D eigenvalue weighted by Crippen LogP contribution is 2.19. The predicted octanol–water partition coefficient (Wildman–Crippen LogP) is 1.69. The van der Waals surface area contributed by atoms with Crippen molar-refractivity contribution >= 4 is 17.6 Å². The molecular formula is C13H15NO3. The molecule has 1 aromatic carbocycles. The van der Waals surface area contributed by atoms with Crippen molar-refractivity contribution in [2.45, 2.75) is 6.92 Å². The van der Waals surface area contributed by atoms with Crippen LogP contribution in [0.4, 0.5) is 5.69 Å². The molecular weight excluding hydrogens is 218 g/mol. The third-order valence-electron chi connectivity index (χ3n) is 2.36. The third-order valence-corrected chi connectivity index (χ3v) is 2.36. The minimum atomic E-state index is -0.469. The van der Waals surface area contributed by atoms with Gasteiger partial charge in [0.2, 0.25) is 0 Å². The normalized spacial score (nSPS) is 9.53. The lowest BCUT2D eigenvalue weighted by molar-refractivity contribution is -0.139. The highest BCUT2D eigenvalue weighted by atomic mass is 16.5. The van der Waals surface area contributed by atoms with Crippen LogP contribution in [0.15, 0.2) is 36.9 Å². The van der Waals surface area contributed by atoms with E-state index < -0.39 is 5.97 Å². The van der Waals surface area contributed by atoms with Gasteiger partial charge in [0.1, 0.15) is 6.54 Å². The Balaban J connectivity index is 3.06. The van der Waals surface area contributed by atoms with Gasteiger partial charge in [-0.1, -0.05) is 24.8 Å². The molecule has 90 valence electrons. The Morgan fingerprint density at radius 3 is 2.59 bits per heavy atom. The average Bonchev–Trinajstić information content (AvgIpc) is 2.35. The molecule has 0 saturated heterocycles. The monoisotopic (exact) mass is 233 g/mol. The summed E-state index contributed by atoms with van der Waals surface area (Å²) < 4.78 is 4.57. The topological polar surface area (TPSA) is 46.6 Å². The van der Waals surface area contributed by atoms with E-state index in [4.69, 9.17) is 0 Å². The molecule has 4 heteroatoms. The first-order chi connectivity index (χ1) is 8.10. The summed E-state index contributed by atoms with van der Waals surface area (Å²) in [5.74, 6) is -0.798. The van der Waals surface area contributed by atoms with Crippen LogP contribution in [-0.2, 0) is 14.3 Å². The molecule has 0 aliphatic rings. The number of rotatable bonds is 4. The maximum atomic E-state index is 11.7. The molecule has 0 aromatic heterocycles. The van der Waals surface area contributed by atoms with E-state index >= 15 is 0 Å². The Bertz CT molecular complexity index is 440. The van der Waals surface area contributed by atoms with E-state index in [0.29, 0.717) is 5.69 Å². The lowest BCUT2D eigenvalue weighted by atomic mass is 10.2. The number of nitrogens with zero attached hydrogens (tertiary/aromatic N) is 1. The molecule has 0 radical (unpaired) electrons. The second-order valence-corrected chi connectivity index (χ2v) is 3.49. The zero-order valence-electron chi connectivity index (χ0n) is 9.97. The Morgan fingerprint density at radius 1 is 1.41 bits per heavy atom. The predicted molar refractivity (Wildman–Crippen MR) is 65.7 cm³/mol. The van der Waals surface area contributed by atoms with Crippen LogP contribution in [0.25, 0.3) is 0 Å². The largest absolute Gasteiger partial charge is 0.468 e. The van der Waals surface area contributed by atoms with Crippen LogP contribution in [0.1, 0.15) is 5.56 Å². The maximum Gasteiger partial charge on any atom is 0.325 e. The molecule has 1 rings (SSSR count). The van der Waals surface area contributed by atoms with Crippen molar-refractivity contribution in [1.82, 2.24) is 0 Å². The molecule has 0 heterocycles. The summed E-state index contributed by atoms with van der Waals surface area (Å²) in [4.78, 5) is 24.3. The lowest BCUT2D eigenvalue weighted by Crippen LogP contribution is -2.35. The van der Waals surface area contributed by atoms with Gasteiger partial charge in [0.25, 0.3) is 5.91 Å². The first kappa shape index (κ1) is 13.0. The number of hydrogen-bond donors (Lipinski definition) is 0. The summed E-state index contributed by atoms with van der Waals surface area (Å²) in [6.07, 6.45) is 1.18. The summed E-state index contributed by atoms with van der Waals surface area (Å²) in [5, 5.41) is 0. The number of carbonyl (C=O) groups is 2. The van der Waals surface area contributed by atoms with Gasteiger partial charge < -0.3 is 4.74 Å². The maximum absolute atomic E-state index is 11.7. The number of para-hydroxylation sites is 1. The van der Waals surface area contributed by atoms with E-state index in [9.17, 15) is 9.59 Å². The number of ether oxygens (including phenoxy) is 1. The van der Waals surface area contributed by atoms with Crippen molar-refractivity contribution in [2.24, 2.45) is 0 Å². The van der Waals surface area contributed by atoms with Gasteiger partial charge in [-0.25, -0.2) is 0 Å². The molecule has 0 spiro atoms. The van der Waals surface area contributed by atoms with Gasteiger partial charge in [-0.05, 0) is 24.6 Å². The molecule has 0 N–H and O–H groups in total. The van der Waals surface area contributed by atoms with Crippen LogP contribution in [0.5, 0.6) is 0 Å². The highest BCUT2D eigenvalue weighted by molar-refractivity contribution is 6.04. The van der Waals surface area contributed by atoms with Crippen molar-refractivity contribution in [3.05, 3.63) is 42.5 Å². The van der Waals surface area contributed by atoms with Crippen LogP contribution < -0.4 is 4.90 Å². The molecule has 0 aliphatic heterocycles. The number of aryl methyl sites for hydroxylation is 1. The van der Waals surface area contributed by atoms with Crippen LogP contribution in [-0.4, -0.2) is 25.5 Å². The first-order valence-electron chi connectivity index (χ1n) is 5.16. The number of methoxy groups -OCH3 is 1. The van der Waals surface area contributed by atoms with E-state index in [-0.39, 0.29) is 12.5 Å². The van der Waals surface area contributed by atoms with E-state index in [2.05, 4.69) is 11.3 Å². The number of benzene rings is 1. The Hall–Kier alpha value is -2.10. The van der Waals surface area contributed by atoms with E-state index in [1.807, 2.05) is 25.1 Å². The van der Waals surface area contributed by atoms with Crippen LogP contribution >= 0.6 is 0 Å². The van der Waals surface area contributed by atoms with Crippen molar-refractivity contribution in [2.75, 3.05) is 18.6 Å². The Morgan fingerprint density at radius 2 is 2.06 bits per heavy atom. The van der Waals surface area contributed by atoms with Gasteiger partial charge in [0, 0.05) is 5.69 Å². The minimum absolute atomic E-state index is 0.119. The second kappa shape index (κ2) is 5.84. The number of esters is 1. The molecule has 0 aliphatic carbocycles. The van der Waals surface area contributed by atoms with Gasteiger partial charge in [0.15, 0.2) is 0 Å². The summed E-state index contributed by atoms with van der Waals surface area (Å²) in [6.45, 7) is 5.18. The van der Waals surface area contributed by atoms with Crippen LogP contribution in [0.3, 0.4) is 0 Å². The van der Waals surface area contributed by atoms with Crippen molar-refractivity contribution in [1.29, 1.82) is 0 Å². The quantitative estimate of drug-likeness (QED) is 0.587. The fraction of sp³-hybridized carbons (Fsp3) is 0.231. The van der Waals surface area contributed by atoms with Gasteiger partial charge >= 0.3 is 5.97 Å². The Kier molecular flexibility index (Phi) is 4.46. The smallest absolute Gasteiger partial charge is 0.325 e. The second-order valence-electron chi connectivity index (χ2n) is 3.49. The van der Waals surface area contributed by atoms with Gasteiger partial charge in [-0.3, -0.25) is 14.5 Å². The van der Waals surface area contributed by atoms with Crippen molar-refractivity contribution in [3.63, 3.8) is 0 Å². The zero-order chi connectivity index (χ0) is 12.8. The molecule has 1 aromatic rings. The number of anilines is 1. The van der Waals surface area contributed by atoms with Crippen molar-refractivity contribution in [3.8, 4) is 0 Å². The number of hydrogen-bond acceptors (Lipinski definition) is 3. The van der Waals surface area contributed by atoms with E-state index in [1.54, 1.807) is 6.07 Å². The van der Waals surface area contributed by atoms with Gasteiger partial charge in [-0.15, -0.1) is 0 Å². The SMILES string of the molecule is C=CC(=O)N(CC(=O)OC)c1ccccc1C. The average molecular weight is 233 g/mol. The fourth-order valence-corrected chi connectivity index (χ4v) is 1.45.